The van der Waals surface area contributed by atoms with Gasteiger partial charge in [-0.05, 0) is 19.1 Å². The second-order valence-electron chi connectivity index (χ2n) is 3.49. The Kier molecular flexibility index (Phi) is 3.41. The Morgan fingerprint density at radius 2 is 2.25 bits per heavy atom. The Morgan fingerprint density at radius 3 is 3.00 bits per heavy atom. The zero-order chi connectivity index (χ0) is 11.4. The Hall–Kier alpha value is -1.55. The molecule has 1 aromatic heterocycles. The van der Waals surface area contributed by atoms with Crippen molar-refractivity contribution in [3.05, 3.63) is 58.3 Å². The van der Waals surface area contributed by atoms with E-state index in [2.05, 4.69) is 35.1 Å². The van der Waals surface area contributed by atoms with E-state index >= 15 is 0 Å². The second-order valence-corrected chi connectivity index (χ2v) is 4.53. The van der Waals surface area contributed by atoms with Crippen molar-refractivity contribution < 1.29 is 0 Å². The minimum Gasteiger partial charge on any atom is -0.310 e. The molecule has 0 radical (unpaired) electrons. The van der Waals surface area contributed by atoms with Gasteiger partial charge in [0, 0.05) is 17.2 Å². The lowest BCUT2D eigenvalue weighted by Crippen LogP contribution is -2.07. The van der Waals surface area contributed by atoms with E-state index in [0.29, 0.717) is 11.6 Å². The number of hydrogen-bond acceptors (Lipinski definition) is 3. The number of aromatic amines is 1. The summed E-state index contributed by atoms with van der Waals surface area (Å²) in [6, 6.07) is 9.68. The fourth-order valence-electron chi connectivity index (χ4n) is 1.34. The molecule has 4 heteroatoms. The number of nitrogens with one attached hydrogen (secondary N) is 1. The van der Waals surface area contributed by atoms with Crippen LogP contribution in [0.4, 0.5) is 0 Å². The fourth-order valence-corrected chi connectivity index (χ4v) is 2.24. The van der Waals surface area contributed by atoms with Crippen LogP contribution < -0.4 is 5.56 Å². The average molecular weight is 232 g/mol. The first-order valence-corrected chi connectivity index (χ1v) is 5.96. The zero-order valence-electron chi connectivity index (χ0n) is 8.93. The molecule has 82 valence electrons. The molecule has 3 nitrogen and oxygen atoms in total. The van der Waals surface area contributed by atoms with Gasteiger partial charge in [-0.3, -0.25) is 4.79 Å². The molecule has 0 atom stereocenters. The molecule has 1 N–H and O–H groups in total. The van der Waals surface area contributed by atoms with Crippen LogP contribution in [0.2, 0.25) is 0 Å². The zero-order valence-corrected chi connectivity index (χ0v) is 9.75. The first-order chi connectivity index (χ1) is 7.74. The number of hydrogen-bond donors (Lipinski definition) is 1. The number of aryl methyl sites for hydroxylation is 1. The molecule has 0 unspecified atom stereocenters. The van der Waals surface area contributed by atoms with Crippen LogP contribution in [0.15, 0.2) is 46.2 Å². The van der Waals surface area contributed by atoms with Gasteiger partial charge in [0.05, 0.1) is 5.75 Å². The highest BCUT2D eigenvalue weighted by Gasteiger charge is 1.98. The maximum absolute atomic E-state index is 11.1. The average Bonchev–Trinajstić information content (AvgIpc) is 2.27. The minimum atomic E-state index is -0.102. The number of rotatable bonds is 3. The summed E-state index contributed by atoms with van der Waals surface area (Å²) in [5.41, 5.74) is 1.13. The first-order valence-electron chi connectivity index (χ1n) is 4.98. The smallest absolute Gasteiger partial charge is 0.250 e. The summed E-state index contributed by atoms with van der Waals surface area (Å²) in [4.78, 5) is 19.0. The summed E-state index contributed by atoms with van der Waals surface area (Å²) >= 11 is 1.66. The topological polar surface area (TPSA) is 45.8 Å². The predicted molar refractivity (Wildman–Crippen MR) is 65.6 cm³/mol. The second kappa shape index (κ2) is 4.99. The van der Waals surface area contributed by atoms with Crippen LogP contribution in [-0.4, -0.2) is 9.97 Å². The normalized spacial score (nSPS) is 10.3. The molecule has 2 rings (SSSR count). The monoisotopic (exact) mass is 232 g/mol. The molecule has 0 saturated carbocycles. The van der Waals surface area contributed by atoms with Crippen LogP contribution in [0.3, 0.4) is 0 Å². The van der Waals surface area contributed by atoms with Crippen LogP contribution >= 0.6 is 11.8 Å². The van der Waals surface area contributed by atoms with Gasteiger partial charge in [-0.15, -0.1) is 11.8 Å². The van der Waals surface area contributed by atoms with Crippen molar-refractivity contribution in [2.24, 2.45) is 0 Å². The molecule has 0 aliphatic heterocycles. The molecule has 1 aromatic carbocycles. The van der Waals surface area contributed by atoms with Crippen LogP contribution in [0.25, 0.3) is 0 Å². The maximum Gasteiger partial charge on any atom is 0.250 e. The van der Waals surface area contributed by atoms with Gasteiger partial charge in [0.1, 0.15) is 5.82 Å². The van der Waals surface area contributed by atoms with E-state index in [1.807, 2.05) is 6.07 Å². The molecule has 16 heavy (non-hydrogen) atoms. The van der Waals surface area contributed by atoms with Gasteiger partial charge < -0.3 is 4.98 Å². The molecule has 0 aliphatic rings. The number of nitrogens with zero attached hydrogens (tertiary/aromatic N) is 1. The third-order valence-corrected chi connectivity index (χ3v) is 3.09. The summed E-state index contributed by atoms with van der Waals surface area (Å²) < 4.78 is 0. The van der Waals surface area contributed by atoms with E-state index in [0.717, 1.165) is 0 Å². The molecular weight excluding hydrogens is 220 g/mol. The number of aromatic nitrogens is 2. The highest BCUT2D eigenvalue weighted by atomic mass is 32.2. The van der Waals surface area contributed by atoms with Gasteiger partial charge in [-0.25, -0.2) is 4.98 Å². The predicted octanol–water partition coefficient (Wildman–Crippen LogP) is 2.37. The van der Waals surface area contributed by atoms with Crippen molar-refractivity contribution in [3.8, 4) is 0 Å². The van der Waals surface area contributed by atoms with Gasteiger partial charge in [0.2, 0.25) is 0 Å². The summed E-state index contributed by atoms with van der Waals surface area (Å²) in [6.45, 7) is 2.06. The lowest BCUT2D eigenvalue weighted by Gasteiger charge is -2.01. The summed E-state index contributed by atoms with van der Waals surface area (Å²) in [6.07, 6.45) is 1.53. The van der Waals surface area contributed by atoms with Crippen molar-refractivity contribution in [2.75, 3.05) is 0 Å². The van der Waals surface area contributed by atoms with E-state index in [9.17, 15) is 4.79 Å². The maximum atomic E-state index is 11.1. The lowest BCUT2D eigenvalue weighted by molar-refractivity contribution is 1.00. The van der Waals surface area contributed by atoms with Crippen LogP contribution in [0, 0.1) is 6.92 Å². The Morgan fingerprint density at radius 1 is 1.38 bits per heavy atom. The summed E-state index contributed by atoms with van der Waals surface area (Å²) in [5, 5.41) is 0. The van der Waals surface area contributed by atoms with E-state index in [1.54, 1.807) is 11.8 Å². The Balaban J connectivity index is 2.05. The van der Waals surface area contributed by atoms with Gasteiger partial charge in [0.25, 0.3) is 5.56 Å². The number of benzene rings is 1. The van der Waals surface area contributed by atoms with E-state index in [1.165, 1.54) is 22.7 Å². The standard InChI is InChI=1S/C12H12N2OS/c1-9-3-2-4-10(7-9)16-8-11-13-6-5-12(15)14-11/h2-7H,8H2,1H3,(H,13,14,15). The van der Waals surface area contributed by atoms with Gasteiger partial charge in [-0.2, -0.15) is 0 Å². The van der Waals surface area contributed by atoms with Crippen molar-refractivity contribution >= 4 is 11.8 Å². The van der Waals surface area contributed by atoms with E-state index < -0.39 is 0 Å². The summed E-state index contributed by atoms with van der Waals surface area (Å²) in [5.74, 6) is 1.39. The third kappa shape index (κ3) is 2.97. The van der Waals surface area contributed by atoms with E-state index in [-0.39, 0.29) is 5.56 Å². The van der Waals surface area contributed by atoms with Crippen molar-refractivity contribution in [1.82, 2.24) is 9.97 Å². The Bertz CT molecular complexity index is 536. The molecule has 0 bridgehead atoms. The quantitative estimate of drug-likeness (QED) is 0.826. The van der Waals surface area contributed by atoms with Gasteiger partial charge >= 0.3 is 0 Å². The van der Waals surface area contributed by atoms with Crippen LogP contribution in [-0.2, 0) is 5.75 Å². The van der Waals surface area contributed by atoms with Gasteiger partial charge in [0.15, 0.2) is 0 Å². The Labute approximate surface area is 97.9 Å². The SMILES string of the molecule is Cc1cccc(SCc2nccc(=O)[nH]2)c1. The van der Waals surface area contributed by atoms with Crippen molar-refractivity contribution in [1.29, 1.82) is 0 Å². The molecule has 0 fully saturated rings. The van der Waals surface area contributed by atoms with Gasteiger partial charge in [-0.1, -0.05) is 17.7 Å². The van der Waals surface area contributed by atoms with Crippen molar-refractivity contribution in [2.45, 2.75) is 17.6 Å². The molecular formula is C12H12N2OS. The molecule has 0 spiro atoms. The lowest BCUT2D eigenvalue weighted by atomic mass is 10.2. The molecule has 2 aromatic rings. The molecule has 1 heterocycles. The highest BCUT2D eigenvalue weighted by molar-refractivity contribution is 7.98. The van der Waals surface area contributed by atoms with Crippen LogP contribution in [0.5, 0.6) is 0 Å². The molecule has 0 amide bonds. The largest absolute Gasteiger partial charge is 0.310 e. The minimum absolute atomic E-state index is 0.102. The third-order valence-electron chi connectivity index (χ3n) is 2.09. The number of thioether (sulfide) groups is 1. The van der Waals surface area contributed by atoms with Crippen LogP contribution in [0.1, 0.15) is 11.4 Å². The molecule has 0 saturated heterocycles. The van der Waals surface area contributed by atoms with E-state index in [4.69, 9.17) is 0 Å². The number of H-pyrrole nitrogens is 1. The molecule has 0 aliphatic carbocycles. The highest BCUT2D eigenvalue weighted by Crippen LogP contribution is 2.21. The fraction of sp³-hybridized carbons (Fsp3) is 0.167. The summed E-state index contributed by atoms with van der Waals surface area (Å²) in [7, 11) is 0. The van der Waals surface area contributed by atoms with Crippen molar-refractivity contribution in [3.63, 3.8) is 0 Å². The first kappa shape index (κ1) is 11.0.